The zero-order chi connectivity index (χ0) is 70.8. The van der Waals surface area contributed by atoms with Crippen LogP contribution in [0.2, 0.25) is 0 Å². The summed E-state index contributed by atoms with van der Waals surface area (Å²) in [5, 5.41) is 41.8. The van der Waals surface area contributed by atoms with Crippen LogP contribution in [0.5, 0.6) is 0 Å². The predicted octanol–water partition coefficient (Wildman–Crippen LogP) is 13.4. The molecule has 8 aliphatic rings. The Morgan fingerprint density at radius 3 is 1.25 bits per heavy atom. The molecule has 0 aliphatic carbocycles. The van der Waals surface area contributed by atoms with Crippen LogP contribution in [0.1, 0.15) is 209 Å². The van der Waals surface area contributed by atoms with E-state index < -0.39 is 0 Å². The van der Waals surface area contributed by atoms with Gasteiger partial charge in [0.25, 0.3) is 0 Å². The van der Waals surface area contributed by atoms with E-state index in [0.29, 0.717) is 48.3 Å². The number of piperazine rings is 1. The molecule has 3 aromatic heterocycles. The number of hydrogen-bond donors (Lipinski definition) is 3. The van der Waals surface area contributed by atoms with Crippen molar-refractivity contribution in [2.75, 3.05) is 96.6 Å². The highest BCUT2D eigenvalue weighted by molar-refractivity contribution is 7.99. The summed E-state index contributed by atoms with van der Waals surface area (Å²) in [7, 11) is 0. The van der Waals surface area contributed by atoms with Gasteiger partial charge in [-0.05, 0) is 204 Å². The van der Waals surface area contributed by atoms with Crippen LogP contribution in [0, 0.1) is 0 Å². The maximum absolute atomic E-state index is 3.92. The summed E-state index contributed by atoms with van der Waals surface area (Å²) < 4.78 is 3.75. The molecule has 0 bridgehead atoms. The van der Waals surface area contributed by atoms with Gasteiger partial charge in [0, 0.05) is 187 Å². The van der Waals surface area contributed by atoms with E-state index in [1.54, 1.807) is 40.7 Å². The van der Waals surface area contributed by atoms with Crippen molar-refractivity contribution in [2.45, 2.75) is 257 Å². The van der Waals surface area contributed by atoms with Crippen LogP contribution in [-0.2, 0) is 0 Å². The molecule has 0 amide bonds. The molecule has 3 N–H and O–H groups in total. The standard InChI is InChI=1S/C8H17N.C8H15N.C8H13N.C7H16N2.C7H14N2.C7H12N2.C7H15NS.C5H9N3.C5H11N3.2C5H9N3/c3*1-8(2)9-6-4-3-5-7-9;3*1-7(2)9-5-3-8-4-6-9;1-7(2)8-3-5-9-6-4-8;1-5(2)8-3-6-7-4-8;2*1-5(2)8-4-3-6-7-8;1-5(2)8-6-3-4-7-8/h8H,3-7H2,1-2H3;4,6,8H,3,5,7H2,1-2H3;4-8H,3H2,1-2H3;7-8H,3-6H2,1-2H3;3,5,7-8H,4,6H2,1-2H3;3-8H,1-2H3;7H,3-6H2,1-2H3;3-5H,1-2H3;5H,3-4H2,1-2H3;2*3-5H,1-2H3. The summed E-state index contributed by atoms with van der Waals surface area (Å²) in [6, 6.07) is 6.53. The van der Waals surface area contributed by atoms with Crippen molar-refractivity contribution in [3.05, 3.63) is 111 Å². The highest BCUT2D eigenvalue weighted by atomic mass is 32.2. The first-order chi connectivity index (χ1) is 45.3. The second kappa shape index (κ2) is 54.3. The first-order valence-corrected chi connectivity index (χ1v) is 37.3. The summed E-state index contributed by atoms with van der Waals surface area (Å²) in [5.41, 5.74) is 0. The molecule has 0 spiro atoms. The molecular formula is C72H140N22S. The molecule has 3 fully saturated rings. The van der Waals surface area contributed by atoms with Crippen molar-refractivity contribution < 1.29 is 0 Å². The molecule has 95 heavy (non-hydrogen) atoms. The summed E-state index contributed by atoms with van der Waals surface area (Å²) >= 11 is 2.07. The molecule has 0 aromatic carbocycles. The number of piperidine rings is 1. The van der Waals surface area contributed by atoms with Crippen molar-refractivity contribution >= 4 is 11.8 Å². The van der Waals surface area contributed by atoms with Crippen molar-refractivity contribution in [3.63, 3.8) is 0 Å². The molecule has 544 valence electrons. The third-order valence-electron chi connectivity index (χ3n) is 15.9. The van der Waals surface area contributed by atoms with Crippen LogP contribution in [-0.4, -0.2) is 229 Å². The van der Waals surface area contributed by atoms with E-state index in [4.69, 9.17) is 0 Å². The maximum atomic E-state index is 3.92. The van der Waals surface area contributed by atoms with Crippen LogP contribution in [0.4, 0.5) is 0 Å². The molecule has 3 saturated heterocycles. The molecular weight excluding hydrogens is 1210 g/mol. The third-order valence-corrected chi connectivity index (χ3v) is 16.8. The van der Waals surface area contributed by atoms with E-state index >= 15 is 0 Å². The molecule has 23 heteroatoms. The zero-order valence-electron chi connectivity index (χ0n) is 64.0. The highest BCUT2D eigenvalue weighted by Crippen LogP contribution is 2.13. The van der Waals surface area contributed by atoms with E-state index in [9.17, 15) is 0 Å². The van der Waals surface area contributed by atoms with Crippen molar-refractivity contribution in [2.24, 2.45) is 10.3 Å². The minimum absolute atomic E-state index is 0.380. The summed E-state index contributed by atoms with van der Waals surface area (Å²) in [6.07, 6.45) is 43.3. The van der Waals surface area contributed by atoms with Gasteiger partial charge >= 0.3 is 0 Å². The molecule has 8 aliphatic heterocycles. The minimum atomic E-state index is 0.380. The van der Waals surface area contributed by atoms with E-state index in [1.165, 1.54) is 89.4 Å². The number of allylic oxidation sites excluding steroid dienone is 3. The summed E-state index contributed by atoms with van der Waals surface area (Å²) in [6.45, 7) is 63.1. The second-order valence-electron chi connectivity index (χ2n) is 27.3. The number of rotatable bonds is 11. The molecule has 0 radical (unpaired) electrons. The van der Waals surface area contributed by atoms with Gasteiger partial charge in [-0.15, -0.1) is 15.3 Å². The van der Waals surface area contributed by atoms with E-state index in [1.807, 2.05) is 60.6 Å². The van der Waals surface area contributed by atoms with Crippen molar-refractivity contribution in [1.29, 1.82) is 0 Å². The second-order valence-corrected chi connectivity index (χ2v) is 28.5. The molecule has 22 nitrogen and oxygen atoms in total. The van der Waals surface area contributed by atoms with Gasteiger partial charge in [-0.2, -0.15) is 31.9 Å². The van der Waals surface area contributed by atoms with Crippen LogP contribution < -0.4 is 16.0 Å². The van der Waals surface area contributed by atoms with Gasteiger partial charge < -0.3 is 45.0 Å². The smallest absolute Gasteiger partial charge is 0.119 e. The first kappa shape index (κ1) is 87.3. The Balaban J connectivity index is 0.000000523. The fourth-order valence-electron chi connectivity index (χ4n) is 9.45. The minimum Gasteiger partial charge on any atom is -0.388 e. The van der Waals surface area contributed by atoms with Gasteiger partial charge in [0.05, 0.1) is 37.7 Å². The lowest BCUT2D eigenvalue weighted by atomic mass is 10.1. The van der Waals surface area contributed by atoms with Gasteiger partial charge in [0.2, 0.25) is 0 Å². The number of aromatic nitrogens is 9. The van der Waals surface area contributed by atoms with E-state index in [2.05, 4.69) is 285 Å². The molecule has 0 unspecified atom stereocenters. The Labute approximate surface area is 584 Å². The zero-order valence-corrected chi connectivity index (χ0v) is 64.8. The topological polar surface area (TPSA) is 179 Å². The van der Waals surface area contributed by atoms with Crippen LogP contribution in [0.25, 0.3) is 0 Å². The molecule has 11 heterocycles. The monoisotopic (exact) mass is 1350 g/mol. The molecule has 11 rings (SSSR count). The predicted molar refractivity (Wildman–Crippen MR) is 404 cm³/mol. The van der Waals surface area contributed by atoms with Crippen molar-refractivity contribution in [3.8, 4) is 0 Å². The number of nitrogens with one attached hydrogen (secondary N) is 3. The Morgan fingerprint density at radius 1 is 0.411 bits per heavy atom. The normalized spacial score (nSPS) is 17.5. The lowest BCUT2D eigenvalue weighted by molar-refractivity contribution is 0.185. The number of likely N-dealkylation sites (tertiary alicyclic amines) is 1. The van der Waals surface area contributed by atoms with Gasteiger partial charge in [0.1, 0.15) is 12.7 Å². The van der Waals surface area contributed by atoms with E-state index in [-0.39, 0.29) is 0 Å². The quantitative estimate of drug-likeness (QED) is 0.165. The average Bonchev–Trinajstić information content (AvgIpc) is 3.88. The van der Waals surface area contributed by atoms with Gasteiger partial charge in [0.15, 0.2) is 0 Å². The largest absolute Gasteiger partial charge is 0.388 e. The lowest BCUT2D eigenvalue weighted by Gasteiger charge is -2.30. The Kier molecular flexibility index (Phi) is 49.9. The van der Waals surface area contributed by atoms with Crippen LogP contribution in [0.3, 0.4) is 0 Å². The molecule has 0 saturated carbocycles. The maximum Gasteiger partial charge on any atom is 0.119 e. The number of thioether (sulfide) groups is 1. The first-order valence-electron chi connectivity index (χ1n) is 36.1. The summed E-state index contributed by atoms with van der Waals surface area (Å²) in [4.78, 5) is 18.3. The molecule has 3 aromatic rings. The Hall–Kier alpha value is -5.75. The SMILES string of the molecule is CC(C)N1C=CCC=C1.CC(C)N1C=CCCC1.CC(C)N1C=CNC=C1.CC(C)N1C=CNCC1.CC(C)N1CCCCC1.CC(C)N1CCN=N1.CC(C)N1CCNCC1.CC(C)N1CCSCC1.CC(C)n1ccnn1.CC(C)n1cnnc1.CC(C)n1nccn1. The Morgan fingerprint density at radius 2 is 0.947 bits per heavy atom. The van der Waals surface area contributed by atoms with Crippen molar-refractivity contribution in [1.82, 2.24) is 100 Å². The van der Waals surface area contributed by atoms with Gasteiger partial charge in [-0.3, -0.25) is 19.5 Å². The highest BCUT2D eigenvalue weighted by Gasteiger charge is 2.15. The number of nitrogens with zero attached hydrogens (tertiary/aromatic N) is 19. The van der Waals surface area contributed by atoms with E-state index in [0.717, 1.165) is 63.8 Å². The third kappa shape index (κ3) is 43.9. The fraction of sp³-hybridized carbons (Fsp3) is 0.750. The van der Waals surface area contributed by atoms with Crippen LogP contribution >= 0.6 is 11.8 Å². The number of hydrogen-bond acceptors (Lipinski definition) is 20. The van der Waals surface area contributed by atoms with Gasteiger partial charge in [-0.1, -0.05) is 35.1 Å². The fourth-order valence-corrected chi connectivity index (χ4v) is 10.4. The lowest BCUT2D eigenvalue weighted by Crippen LogP contribution is -2.46. The van der Waals surface area contributed by atoms with Crippen LogP contribution in [0.15, 0.2) is 122 Å². The van der Waals surface area contributed by atoms with Gasteiger partial charge in [-0.25, -0.2) is 0 Å². The average molecular weight is 1350 g/mol. The summed E-state index contributed by atoms with van der Waals surface area (Å²) in [5.74, 6) is 2.66. The molecule has 0 atom stereocenters. The Bertz CT molecular complexity index is 2140.